The number of hydrogen-bond acceptors (Lipinski definition) is 2. The molecule has 8 heteroatoms. The molecule has 0 unspecified atom stereocenters. The molecule has 4 rings (SSSR count). The van der Waals surface area contributed by atoms with E-state index in [4.69, 9.17) is 0 Å². The van der Waals surface area contributed by atoms with E-state index in [2.05, 4.69) is 26.9 Å². The van der Waals surface area contributed by atoms with Crippen LogP contribution >= 0.6 is 0 Å². The highest BCUT2D eigenvalue weighted by Gasteiger charge is 2.29. The van der Waals surface area contributed by atoms with E-state index < -0.39 is 11.7 Å². The average molecular weight is 327 g/mol. The molecule has 4 aromatic rings. The molecule has 0 spiro atoms. The van der Waals surface area contributed by atoms with Crippen molar-refractivity contribution in [2.75, 3.05) is 0 Å². The van der Waals surface area contributed by atoms with Crippen molar-refractivity contribution < 1.29 is 17.8 Å². The Labute approximate surface area is 133 Å². The van der Waals surface area contributed by atoms with Gasteiger partial charge in [0, 0.05) is 17.8 Å². The minimum Gasteiger partial charge on any atom is -0.359 e. The van der Waals surface area contributed by atoms with Crippen LogP contribution in [0.15, 0.2) is 48.9 Å². The van der Waals surface area contributed by atoms with Crippen LogP contribution in [0.3, 0.4) is 0 Å². The Hall–Kier alpha value is -3.34. The Kier molecular flexibility index (Phi) is 3.03. The fourth-order valence-corrected chi connectivity index (χ4v) is 2.22. The van der Waals surface area contributed by atoms with Crippen LogP contribution < -0.4 is 9.73 Å². The summed E-state index contributed by atoms with van der Waals surface area (Å²) in [6, 6.07) is 6.46. The van der Waals surface area contributed by atoms with Crippen LogP contribution in [-0.2, 0) is 6.18 Å². The number of rotatable bonds is 0. The third-order valence-corrected chi connectivity index (χ3v) is 3.36. The summed E-state index contributed by atoms with van der Waals surface area (Å²) in [4.78, 5) is 8.55. The smallest absolute Gasteiger partial charge is 0.359 e. The van der Waals surface area contributed by atoms with Crippen LogP contribution in [0.25, 0.3) is 11.3 Å². The Morgan fingerprint density at radius 3 is 2.67 bits per heavy atom. The number of nitrogens with zero attached hydrogens (tertiary/aromatic N) is 5. The molecule has 0 saturated carbocycles. The summed E-state index contributed by atoms with van der Waals surface area (Å²) in [6.07, 6.45) is 0.674. The Morgan fingerprint density at radius 1 is 1.12 bits per heavy atom. The predicted octanol–water partition coefficient (Wildman–Crippen LogP) is 1.84. The maximum absolute atomic E-state index is 12.5. The van der Waals surface area contributed by atoms with Gasteiger partial charge in [-0.05, 0) is 36.4 Å². The van der Waals surface area contributed by atoms with Crippen LogP contribution in [0.2, 0.25) is 0 Å². The molecule has 0 saturated heterocycles. The van der Waals surface area contributed by atoms with Crippen LogP contribution in [0.1, 0.15) is 16.8 Å². The second-order valence-corrected chi connectivity index (χ2v) is 4.98. The lowest BCUT2D eigenvalue weighted by atomic mass is 10.1. The summed E-state index contributed by atoms with van der Waals surface area (Å²) < 4.78 is 40.9. The molecule has 24 heavy (non-hydrogen) atoms. The lowest BCUT2D eigenvalue weighted by Crippen LogP contribution is -2.28. The highest BCUT2D eigenvalue weighted by atomic mass is 19.4. The highest BCUT2D eigenvalue weighted by Crippen LogP contribution is 2.28. The Morgan fingerprint density at radius 2 is 1.92 bits per heavy atom. The molecule has 3 heterocycles. The summed E-state index contributed by atoms with van der Waals surface area (Å²) in [7, 11) is 0. The number of halogens is 3. The quantitative estimate of drug-likeness (QED) is 0.366. The fraction of sp³-hybridized carbons (Fsp3) is 0.0625. The maximum atomic E-state index is 12.5. The molecule has 0 aliphatic heterocycles. The minimum atomic E-state index is -4.35. The number of benzene rings is 1. The second kappa shape index (κ2) is 5.09. The average Bonchev–Trinajstić information content (AvgIpc) is 3.13. The zero-order valence-corrected chi connectivity index (χ0v) is 12.0. The molecule has 0 fully saturated rings. The van der Waals surface area contributed by atoms with Crippen LogP contribution in [0.5, 0.6) is 0 Å². The van der Waals surface area contributed by atoms with Gasteiger partial charge in [-0.2, -0.15) is 17.7 Å². The summed E-state index contributed by atoms with van der Waals surface area (Å²) in [5, 5.41) is 4.22. The van der Waals surface area contributed by atoms with Gasteiger partial charge >= 0.3 is 6.18 Å². The van der Waals surface area contributed by atoms with Crippen LogP contribution in [-0.4, -0.2) is 14.5 Å². The molecule has 118 valence electrons. The molecule has 5 nitrogen and oxygen atoms in total. The van der Waals surface area contributed by atoms with Crippen molar-refractivity contribution in [2.24, 2.45) is 0 Å². The number of aromatic nitrogens is 5. The first-order valence-electron chi connectivity index (χ1n) is 6.89. The third-order valence-electron chi connectivity index (χ3n) is 3.36. The molecule has 0 radical (unpaired) electrons. The fourth-order valence-electron chi connectivity index (χ4n) is 2.22. The lowest BCUT2D eigenvalue weighted by molar-refractivity contribution is -0.674. The van der Waals surface area contributed by atoms with Gasteiger partial charge in [0.15, 0.2) is 5.65 Å². The largest absolute Gasteiger partial charge is 0.416 e. The molecule has 0 bridgehead atoms. The van der Waals surface area contributed by atoms with Gasteiger partial charge in [0.2, 0.25) is 6.20 Å². The molecule has 0 aliphatic rings. The summed E-state index contributed by atoms with van der Waals surface area (Å²) >= 11 is 0. The SMILES string of the molecule is FC(F)(F)c1ccc(C#Cc2cnc3[n-][n+]4cccn4c3n2)cc1. The van der Waals surface area contributed by atoms with Crippen molar-refractivity contribution in [1.29, 1.82) is 0 Å². The van der Waals surface area contributed by atoms with Gasteiger partial charge in [-0.3, -0.25) is 0 Å². The molecule has 0 aliphatic carbocycles. The number of alkyl halides is 3. The van der Waals surface area contributed by atoms with Crippen molar-refractivity contribution >= 4 is 11.3 Å². The van der Waals surface area contributed by atoms with Gasteiger partial charge < -0.3 is 4.98 Å². The van der Waals surface area contributed by atoms with E-state index in [1.54, 1.807) is 21.5 Å². The molecular formula is C16H8F3N5. The monoisotopic (exact) mass is 327 g/mol. The van der Waals surface area contributed by atoms with Crippen molar-refractivity contribution in [3.8, 4) is 11.8 Å². The highest BCUT2D eigenvalue weighted by molar-refractivity contribution is 5.63. The maximum Gasteiger partial charge on any atom is 0.416 e. The summed E-state index contributed by atoms with van der Waals surface area (Å²) in [5.74, 6) is 5.58. The molecule has 0 N–H and O–H groups in total. The van der Waals surface area contributed by atoms with E-state index in [0.717, 1.165) is 12.1 Å². The van der Waals surface area contributed by atoms with Gasteiger partial charge in [-0.1, -0.05) is 10.6 Å². The van der Waals surface area contributed by atoms with Crippen LogP contribution in [0, 0.1) is 11.8 Å². The van der Waals surface area contributed by atoms with E-state index in [-0.39, 0.29) is 0 Å². The van der Waals surface area contributed by atoms with E-state index in [1.165, 1.54) is 18.3 Å². The van der Waals surface area contributed by atoms with Gasteiger partial charge in [0.1, 0.15) is 11.3 Å². The van der Waals surface area contributed by atoms with Gasteiger partial charge in [-0.15, -0.1) is 5.10 Å². The Bertz CT molecular complexity index is 1090. The van der Waals surface area contributed by atoms with Crippen molar-refractivity contribution in [3.63, 3.8) is 0 Å². The first-order chi connectivity index (χ1) is 11.5. The molecule has 1 aromatic carbocycles. The summed E-state index contributed by atoms with van der Waals surface area (Å²) in [5.41, 5.74) is 1.20. The van der Waals surface area contributed by atoms with Gasteiger partial charge in [-0.25, -0.2) is 4.98 Å². The van der Waals surface area contributed by atoms with Crippen LogP contribution in [0.4, 0.5) is 13.2 Å². The van der Waals surface area contributed by atoms with Crippen molar-refractivity contribution in [1.82, 2.24) is 19.6 Å². The Balaban J connectivity index is 1.68. The van der Waals surface area contributed by atoms with Crippen molar-refractivity contribution in [2.45, 2.75) is 6.18 Å². The zero-order chi connectivity index (χ0) is 16.7. The first kappa shape index (κ1) is 14.3. The second-order valence-electron chi connectivity index (χ2n) is 4.98. The standard InChI is InChI=1S/C16H8F3N5/c17-16(18,19)12-5-2-11(3-6-12)4-7-13-10-20-14-15(21-13)23-8-1-9-24(23)22-14/h1-3,5-6,8-10H. The minimum absolute atomic E-state index is 0.408. The molecule has 3 aromatic heterocycles. The van der Waals surface area contributed by atoms with Gasteiger partial charge in [0.05, 0.1) is 5.56 Å². The van der Waals surface area contributed by atoms with E-state index >= 15 is 0 Å². The van der Waals surface area contributed by atoms with E-state index in [1.807, 2.05) is 6.07 Å². The number of fused-ring (bicyclic) bond motifs is 3. The lowest BCUT2D eigenvalue weighted by Gasteiger charge is -2.05. The predicted molar refractivity (Wildman–Crippen MR) is 76.9 cm³/mol. The van der Waals surface area contributed by atoms with E-state index in [0.29, 0.717) is 22.6 Å². The summed E-state index contributed by atoms with van der Waals surface area (Å²) in [6.45, 7) is 0. The topological polar surface area (TPSA) is 48.4 Å². The first-order valence-corrected chi connectivity index (χ1v) is 6.89. The van der Waals surface area contributed by atoms with Gasteiger partial charge in [0.25, 0.3) is 0 Å². The number of hydrogen-bond donors (Lipinski definition) is 0. The molecule has 0 atom stereocenters. The molecule has 0 amide bonds. The molecular weight excluding hydrogens is 319 g/mol. The third kappa shape index (κ3) is 2.46. The van der Waals surface area contributed by atoms with Crippen molar-refractivity contribution in [3.05, 3.63) is 65.7 Å². The zero-order valence-electron chi connectivity index (χ0n) is 12.0. The van der Waals surface area contributed by atoms with E-state index in [9.17, 15) is 13.2 Å². The normalized spacial score (nSPS) is 11.6.